The Bertz CT molecular complexity index is 3230. The summed E-state index contributed by atoms with van der Waals surface area (Å²) in [6.45, 7) is 8.36. The minimum atomic E-state index is -2.62. The Labute approximate surface area is 389 Å². The van der Waals surface area contributed by atoms with E-state index in [4.69, 9.17) is 19.5 Å². The summed E-state index contributed by atoms with van der Waals surface area (Å²) in [6, 6.07) is 38.0. The number of aryl methyl sites for hydroxylation is 3. The van der Waals surface area contributed by atoms with Crippen LogP contribution in [0, 0.1) is 38.1 Å². The second-order valence-electron chi connectivity index (χ2n) is 17.3. The average molecular weight is 981 g/mol. The van der Waals surface area contributed by atoms with Crippen molar-refractivity contribution in [3.8, 4) is 33.6 Å². The van der Waals surface area contributed by atoms with Gasteiger partial charge in [-0.05, 0) is 111 Å². The Balaban J connectivity index is 0.000000253. The zero-order valence-electron chi connectivity index (χ0n) is 48.1. The molecule has 60 heavy (non-hydrogen) atoms. The van der Waals surface area contributed by atoms with Gasteiger partial charge in [0.25, 0.3) is 0 Å². The van der Waals surface area contributed by atoms with Crippen LogP contribution >= 0.6 is 0 Å². The van der Waals surface area contributed by atoms with Crippen LogP contribution < -0.4 is 0 Å². The van der Waals surface area contributed by atoms with E-state index in [1.54, 1.807) is 50.4 Å². The summed E-state index contributed by atoms with van der Waals surface area (Å²) in [5.74, 6) is 0. The van der Waals surface area contributed by atoms with E-state index < -0.39 is 44.1 Å². The second kappa shape index (κ2) is 17.8. The molecule has 309 valence electrons. The maximum atomic E-state index is 9.39. The molecule has 0 unspecified atom stereocenters. The third-order valence-electron chi connectivity index (χ3n) is 9.96. The number of aromatic nitrogens is 3. The Kier molecular flexibility index (Phi) is 8.87. The fraction of sp³-hybridized carbons (Fsp3) is 0.291. The molecule has 0 spiro atoms. The minimum Gasteiger partial charge on any atom is -0.486 e. The predicted molar refractivity (Wildman–Crippen MR) is 247 cm³/mol. The molecular weight excluding hydrogens is 911 g/mol. The van der Waals surface area contributed by atoms with Gasteiger partial charge in [-0.3, -0.25) is 0 Å². The summed E-state index contributed by atoms with van der Waals surface area (Å²) < 4.78 is 112. The van der Waals surface area contributed by atoms with Crippen molar-refractivity contribution in [3.63, 3.8) is 0 Å². The number of pyridine rings is 3. The summed E-state index contributed by atoms with van der Waals surface area (Å²) in [5.41, 5.74) is 5.20. The monoisotopic (exact) mass is 981 g/mol. The van der Waals surface area contributed by atoms with Gasteiger partial charge in [0, 0.05) is 61.4 Å². The molecule has 0 fully saturated rings. The van der Waals surface area contributed by atoms with Crippen LogP contribution in [0.5, 0.6) is 0 Å². The van der Waals surface area contributed by atoms with Gasteiger partial charge in [-0.1, -0.05) is 134 Å². The summed E-state index contributed by atoms with van der Waals surface area (Å²) in [6.07, 6.45) is -0.670. The van der Waals surface area contributed by atoms with Crippen LogP contribution in [0.3, 0.4) is 0 Å². The molecule has 0 bridgehead atoms. The summed E-state index contributed by atoms with van der Waals surface area (Å²) in [5, 5.41) is 1.26. The topological polar surface area (TPSA) is 51.8 Å². The smallest absolute Gasteiger partial charge is 0.216 e. The van der Waals surface area contributed by atoms with Crippen LogP contribution in [-0.2, 0) is 43.7 Å². The molecule has 1 radical (unpaired) electrons. The number of rotatable bonds is 7. The van der Waals surface area contributed by atoms with Gasteiger partial charge in [0.2, 0.25) is 5.71 Å². The molecule has 0 aliphatic rings. The Hall–Kier alpha value is -5.22. The SMILES string of the molecule is [2H]C([2H])([2H])c1c[c-]c(-c2cc(-c3ccc(C([2H])([2H])C(C)(C)C)cc3)ccn2)cc1.[2H]C([2H])([2H])c1ccc2c(n1)oc1c(-c3cc(C([2H])([2H])C(C)(C)c4ccc(C(C)(C)C)cc4)c(C([2H])([2H])[2H])cn3)[c-]ccc12.[Ir]. The summed E-state index contributed by atoms with van der Waals surface area (Å²) in [7, 11) is 0. The first-order valence-electron chi connectivity index (χ1n) is 26.1. The van der Waals surface area contributed by atoms with Gasteiger partial charge < -0.3 is 14.4 Å². The van der Waals surface area contributed by atoms with Gasteiger partial charge in [-0.2, -0.15) is 0 Å². The van der Waals surface area contributed by atoms with E-state index in [0.717, 1.165) is 27.8 Å². The first-order chi connectivity index (χ1) is 33.1. The molecule has 4 nitrogen and oxygen atoms in total. The molecule has 0 amide bonds. The molecule has 8 rings (SSSR count). The average Bonchev–Trinajstić information content (AvgIpc) is 3.69. The standard InChI is InChI=1S/C32H33N2O.C23H24N.Ir/c1-20-19-33-28(27-10-8-9-25-26-16-11-21(2)34-30(26)35-29(25)27)17-22(20)18-32(6,7)24-14-12-23(13-15-24)31(3,4)5;1-17-5-9-20(10-6-17)22-15-21(13-14-24-22)19-11-7-18(8-12-19)16-23(2,3)4;/h8-9,11-17,19H,18H2,1-7H3;5-9,11-15H,16H2,1-4H3;/q2*-1;/i1D3,2D3,18D2;1D3,16D2;. The maximum Gasteiger partial charge on any atom is 0.216 e. The van der Waals surface area contributed by atoms with Crippen LogP contribution in [0.15, 0.2) is 126 Å². The predicted octanol–water partition coefficient (Wildman–Crippen LogP) is 14.4. The zero-order valence-corrected chi connectivity index (χ0v) is 37.5. The molecule has 0 saturated heterocycles. The first kappa shape index (κ1) is 29.9. The van der Waals surface area contributed by atoms with Crippen LogP contribution in [0.1, 0.15) is 112 Å². The van der Waals surface area contributed by atoms with E-state index in [-0.39, 0.29) is 59.3 Å². The Morgan fingerprint density at radius 3 is 2.12 bits per heavy atom. The van der Waals surface area contributed by atoms with Crippen LogP contribution in [0.2, 0.25) is 0 Å². The number of nitrogens with zero attached hydrogens (tertiary/aromatic N) is 3. The van der Waals surface area contributed by atoms with Gasteiger partial charge in [0.05, 0.1) is 5.58 Å². The zero-order chi connectivity index (χ0) is 53.2. The fourth-order valence-corrected chi connectivity index (χ4v) is 6.82. The van der Waals surface area contributed by atoms with Gasteiger partial charge in [0.15, 0.2) is 0 Å². The van der Waals surface area contributed by atoms with Crippen LogP contribution in [-0.4, -0.2) is 15.0 Å². The van der Waals surface area contributed by atoms with Crippen molar-refractivity contribution >= 4 is 22.1 Å². The normalized spacial score (nSPS) is 16.2. The number of furan rings is 1. The van der Waals surface area contributed by atoms with E-state index in [1.165, 1.54) is 24.4 Å². The van der Waals surface area contributed by atoms with Crippen molar-refractivity contribution in [2.75, 3.05) is 0 Å². The number of hydrogen-bond donors (Lipinski definition) is 0. The third-order valence-corrected chi connectivity index (χ3v) is 9.96. The van der Waals surface area contributed by atoms with Gasteiger partial charge in [0.1, 0.15) is 0 Å². The van der Waals surface area contributed by atoms with Crippen molar-refractivity contribution in [3.05, 3.63) is 173 Å². The molecule has 0 aliphatic carbocycles. The maximum absolute atomic E-state index is 9.39. The van der Waals surface area contributed by atoms with Gasteiger partial charge in [-0.25, -0.2) is 4.98 Å². The molecule has 4 aromatic carbocycles. The fourth-order valence-electron chi connectivity index (χ4n) is 6.82. The largest absolute Gasteiger partial charge is 0.486 e. The van der Waals surface area contributed by atoms with E-state index in [0.29, 0.717) is 33.2 Å². The van der Waals surface area contributed by atoms with Crippen molar-refractivity contribution < 1.29 is 42.3 Å². The van der Waals surface area contributed by atoms with E-state index in [9.17, 15) is 2.74 Å². The van der Waals surface area contributed by atoms with Gasteiger partial charge >= 0.3 is 0 Å². The van der Waals surface area contributed by atoms with E-state index in [1.807, 2.05) is 81.4 Å². The van der Waals surface area contributed by atoms with E-state index >= 15 is 0 Å². The van der Waals surface area contributed by atoms with Gasteiger partial charge in [-0.15, -0.1) is 53.6 Å². The molecule has 0 atom stereocenters. The van der Waals surface area contributed by atoms with Crippen molar-refractivity contribution in [2.45, 2.75) is 99.5 Å². The first-order valence-corrected chi connectivity index (χ1v) is 19.6. The van der Waals surface area contributed by atoms with E-state index in [2.05, 4.69) is 47.9 Å². The quantitative estimate of drug-likeness (QED) is 0.149. The van der Waals surface area contributed by atoms with Crippen molar-refractivity contribution in [1.82, 2.24) is 15.0 Å². The molecule has 0 saturated carbocycles. The Morgan fingerprint density at radius 2 is 1.45 bits per heavy atom. The Morgan fingerprint density at radius 1 is 0.683 bits per heavy atom. The van der Waals surface area contributed by atoms with Crippen molar-refractivity contribution in [1.29, 1.82) is 0 Å². The molecule has 5 heteroatoms. The minimum absolute atomic E-state index is 0. The third kappa shape index (κ3) is 10.4. The summed E-state index contributed by atoms with van der Waals surface area (Å²) >= 11 is 0. The number of hydrogen-bond acceptors (Lipinski definition) is 4. The van der Waals surface area contributed by atoms with Crippen LogP contribution in [0.4, 0.5) is 0 Å². The molecule has 0 aliphatic heterocycles. The molecule has 0 N–H and O–H groups in total. The molecule has 8 aromatic rings. The van der Waals surface area contributed by atoms with Crippen molar-refractivity contribution in [2.24, 2.45) is 5.41 Å². The summed E-state index contributed by atoms with van der Waals surface area (Å²) in [4.78, 5) is 13.0. The second-order valence-corrected chi connectivity index (χ2v) is 17.3. The number of fused-ring (bicyclic) bond motifs is 3. The number of benzene rings is 4. The molecule has 4 heterocycles. The van der Waals surface area contributed by atoms with Crippen LogP contribution in [0.25, 0.3) is 55.7 Å². The molecular formula is C55H57IrN3O-2. The molecule has 4 aromatic heterocycles.